The van der Waals surface area contributed by atoms with Gasteiger partial charge in [-0.05, 0) is 73.6 Å². The lowest BCUT2D eigenvalue weighted by Crippen LogP contribution is -2.53. The summed E-state index contributed by atoms with van der Waals surface area (Å²) in [6.45, 7) is 0.396. The molecule has 2 nitrogen and oxygen atoms in total. The van der Waals surface area contributed by atoms with E-state index in [9.17, 15) is 10.2 Å². The van der Waals surface area contributed by atoms with Gasteiger partial charge in [-0.1, -0.05) is 48.5 Å². The Bertz CT molecular complexity index is 703. The van der Waals surface area contributed by atoms with E-state index in [2.05, 4.69) is 48.5 Å². The van der Waals surface area contributed by atoms with Crippen LogP contribution in [0.3, 0.4) is 0 Å². The first-order chi connectivity index (χ1) is 12.8. The lowest BCUT2D eigenvalue weighted by Gasteiger charge is -2.56. The zero-order valence-electron chi connectivity index (χ0n) is 15.6. The highest BCUT2D eigenvalue weighted by molar-refractivity contribution is 5.48. The van der Waals surface area contributed by atoms with Gasteiger partial charge < -0.3 is 10.2 Å². The Hall–Kier alpha value is -1.64. The number of aryl methyl sites for hydroxylation is 2. The van der Waals surface area contributed by atoms with Crippen LogP contribution in [0.2, 0.25) is 0 Å². The third-order valence-electron chi connectivity index (χ3n) is 7.16. The molecule has 2 atom stereocenters. The van der Waals surface area contributed by atoms with Crippen molar-refractivity contribution in [3.8, 4) is 0 Å². The summed E-state index contributed by atoms with van der Waals surface area (Å²) in [5.41, 5.74) is 5.54. The van der Waals surface area contributed by atoms with Crippen molar-refractivity contribution in [3.63, 3.8) is 0 Å². The lowest BCUT2D eigenvalue weighted by molar-refractivity contribution is 0.0865. The Balaban J connectivity index is 1.99. The first-order valence-electron chi connectivity index (χ1n) is 10.2. The van der Waals surface area contributed by atoms with E-state index in [4.69, 9.17) is 0 Å². The van der Waals surface area contributed by atoms with Crippen molar-refractivity contribution in [2.75, 3.05) is 13.2 Å². The van der Waals surface area contributed by atoms with Crippen molar-refractivity contribution in [3.05, 3.63) is 70.8 Å². The third-order valence-corrected chi connectivity index (χ3v) is 7.16. The number of rotatable bonds is 5. The molecule has 0 aliphatic heterocycles. The van der Waals surface area contributed by atoms with Crippen molar-refractivity contribution >= 4 is 0 Å². The second kappa shape index (κ2) is 7.17. The SMILES string of the molecule is OCCC1(C2(CCO)CCCc3ccccc32)CCCc2ccccc21. The second-order valence-corrected chi connectivity index (χ2v) is 8.13. The molecule has 0 bridgehead atoms. The van der Waals surface area contributed by atoms with Crippen LogP contribution in [-0.4, -0.2) is 23.4 Å². The Kier molecular flexibility index (Phi) is 4.90. The molecule has 26 heavy (non-hydrogen) atoms. The topological polar surface area (TPSA) is 40.5 Å². The summed E-state index contributed by atoms with van der Waals surface area (Å²) in [6.07, 6.45) is 8.31. The van der Waals surface area contributed by atoms with E-state index in [1.165, 1.54) is 22.3 Å². The number of hydrogen-bond acceptors (Lipinski definition) is 2. The highest BCUT2D eigenvalue weighted by atomic mass is 16.3. The minimum Gasteiger partial charge on any atom is -0.396 e. The normalized spacial score (nSPS) is 27.6. The van der Waals surface area contributed by atoms with E-state index in [1.54, 1.807) is 0 Å². The maximum Gasteiger partial charge on any atom is 0.0439 e. The summed E-state index contributed by atoms with van der Waals surface area (Å²) in [6, 6.07) is 17.7. The summed E-state index contributed by atoms with van der Waals surface area (Å²) in [5, 5.41) is 20.2. The van der Waals surface area contributed by atoms with Gasteiger partial charge in [0.25, 0.3) is 0 Å². The molecule has 2 aromatic carbocycles. The maximum atomic E-state index is 10.1. The summed E-state index contributed by atoms with van der Waals surface area (Å²) in [4.78, 5) is 0. The van der Waals surface area contributed by atoms with Gasteiger partial charge >= 0.3 is 0 Å². The minimum atomic E-state index is -0.0875. The fourth-order valence-electron chi connectivity index (χ4n) is 6.21. The monoisotopic (exact) mass is 350 g/mol. The van der Waals surface area contributed by atoms with E-state index < -0.39 is 0 Å². The molecule has 138 valence electrons. The average molecular weight is 351 g/mol. The van der Waals surface area contributed by atoms with Gasteiger partial charge in [-0.25, -0.2) is 0 Å². The van der Waals surface area contributed by atoms with Gasteiger partial charge in [0.15, 0.2) is 0 Å². The molecule has 0 fully saturated rings. The van der Waals surface area contributed by atoms with Gasteiger partial charge in [-0.2, -0.15) is 0 Å². The summed E-state index contributed by atoms with van der Waals surface area (Å²) in [7, 11) is 0. The van der Waals surface area contributed by atoms with Gasteiger partial charge in [0.2, 0.25) is 0 Å². The first kappa shape index (κ1) is 17.8. The molecular formula is C24H30O2. The van der Waals surface area contributed by atoms with Crippen LogP contribution in [0.4, 0.5) is 0 Å². The molecule has 2 aliphatic rings. The summed E-state index contributed by atoms with van der Waals surface area (Å²) >= 11 is 0. The Morgan fingerprint density at radius 2 is 1.08 bits per heavy atom. The molecule has 0 heterocycles. The standard InChI is InChI=1S/C24H30O2/c25-17-15-23(13-5-9-19-7-1-3-11-21(19)23)24(16-18-26)14-6-10-20-8-2-4-12-22(20)24/h1-4,7-8,11-12,25-26H,5-6,9-10,13-18H2. The first-order valence-corrected chi connectivity index (χ1v) is 10.2. The fourth-order valence-corrected chi connectivity index (χ4v) is 6.21. The van der Waals surface area contributed by atoms with Crippen molar-refractivity contribution in [1.29, 1.82) is 0 Å². The molecule has 0 radical (unpaired) electrons. The molecule has 0 saturated heterocycles. The number of aliphatic hydroxyl groups is 2. The number of aliphatic hydroxyl groups excluding tert-OH is 2. The number of benzene rings is 2. The third kappa shape index (κ3) is 2.54. The van der Waals surface area contributed by atoms with Gasteiger partial charge in [-0.3, -0.25) is 0 Å². The molecule has 0 aromatic heterocycles. The van der Waals surface area contributed by atoms with Crippen LogP contribution in [0.25, 0.3) is 0 Å². The average Bonchev–Trinajstić information content (AvgIpc) is 2.69. The van der Waals surface area contributed by atoms with Crippen LogP contribution in [0.15, 0.2) is 48.5 Å². The molecule has 0 spiro atoms. The van der Waals surface area contributed by atoms with E-state index in [0.29, 0.717) is 0 Å². The summed E-state index contributed by atoms with van der Waals surface area (Å²) in [5.74, 6) is 0. The highest BCUT2D eigenvalue weighted by Gasteiger charge is 2.54. The molecule has 0 amide bonds. The van der Waals surface area contributed by atoms with Crippen LogP contribution in [0.5, 0.6) is 0 Å². The van der Waals surface area contributed by atoms with E-state index >= 15 is 0 Å². The van der Waals surface area contributed by atoms with Gasteiger partial charge in [0.1, 0.15) is 0 Å². The smallest absolute Gasteiger partial charge is 0.0439 e. The molecule has 2 aromatic rings. The zero-order valence-corrected chi connectivity index (χ0v) is 15.6. The Labute approximate surface area is 156 Å². The predicted octanol–water partition coefficient (Wildman–Crippen LogP) is 4.30. The molecule has 2 aliphatic carbocycles. The van der Waals surface area contributed by atoms with Crippen LogP contribution < -0.4 is 0 Å². The molecular weight excluding hydrogens is 320 g/mol. The minimum absolute atomic E-state index is 0.0875. The van der Waals surface area contributed by atoms with Crippen LogP contribution in [-0.2, 0) is 23.7 Å². The van der Waals surface area contributed by atoms with Gasteiger partial charge in [-0.15, -0.1) is 0 Å². The Morgan fingerprint density at radius 1 is 0.654 bits per heavy atom. The van der Waals surface area contributed by atoms with Crippen LogP contribution in [0, 0.1) is 0 Å². The quantitative estimate of drug-likeness (QED) is 0.844. The van der Waals surface area contributed by atoms with Crippen molar-refractivity contribution in [1.82, 2.24) is 0 Å². The van der Waals surface area contributed by atoms with E-state index in [-0.39, 0.29) is 24.0 Å². The summed E-state index contributed by atoms with van der Waals surface area (Å²) < 4.78 is 0. The van der Waals surface area contributed by atoms with Crippen LogP contribution >= 0.6 is 0 Å². The van der Waals surface area contributed by atoms with Crippen LogP contribution in [0.1, 0.15) is 60.8 Å². The number of hydrogen-bond donors (Lipinski definition) is 2. The fraction of sp³-hybridized carbons (Fsp3) is 0.500. The van der Waals surface area contributed by atoms with Gasteiger partial charge in [0.05, 0.1) is 0 Å². The molecule has 2 heteroatoms. The van der Waals surface area contributed by atoms with Crippen molar-refractivity contribution in [2.24, 2.45) is 0 Å². The van der Waals surface area contributed by atoms with E-state index in [1.807, 2.05) is 0 Å². The molecule has 2 unspecified atom stereocenters. The molecule has 2 N–H and O–H groups in total. The lowest BCUT2D eigenvalue weighted by atomic mass is 9.47. The zero-order chi connectivity index (χ0) is 18.0. The number of fused-ring (bicyclic) bond motifs is 2. The molecule has 0 saturated carbocycles. The van der Waals surface area contributed by atoms with Gasteiger partial charge in [0, 0.05) is 24.0 Å². The van der Waals surface area contributed by atoms with Crippen molar-refractivity contribution in [2.45, 2.75) is 62.2 Å². The highest BCUT2D eigenvalue weighted by Crippen LogP contribution is 2.58. The molecule has 4 rings (SSSR count). The van der Waals surface area contributed by atoms with E-state index in [0.717, 1.165) is 51.4 Å². The predicted molar refractivity (Wildman–Crippen MR) is 106 cm³/mol. The largest absolute Gasteiger partial charge is 0.396 e. The van der Waals surface area contributed by atoms with Crippen molar-refractivity contribution < 1.29 is 10.2 Å². The maximum absolute atomic E-state index is 10.1. The Morgan fingerprint density at radius 3 is 1.50 bits per heavy atom. The second-order valence-electron chi connectivity index (χ2n) is 8.13.